The van der Waals surface area contributed by atoms with Gasteiger partial charge in [-0.25, -0.2) is 0 Å². The topological polar surface area (TPSA) is 45.2 Å². The maximum Gasteiger partial charge on any atom is 0.237 e. The lowest BCUT2D eigenvalue weighted by Gasteiger charge is -2.36. The summed E-state index contributed by atoms with van der Waals surface area (Å²) in [6.07, 6.45) is 6.99. The first-order valence-electron chi connectivity index (χ1n) is 8.68. The number of carbonyl (C=O) groups excluding carboxylic acids is 1. The van der Waals surface area contributed by atoms with E-state index in [-0.39, 0.29) is 11.9 Å². The molecule has 2 aromatic rings. The molecule has 2 unspecified atom stereocenters. The summed E-state index contributed by atoms with van der Waals surface area (Å²) >= 11 is 1.74. The van der Waals surface area contributed by atoms with E-state index < -0.39 is 0 Å². The molecule has 1 amide bonds. The summed E-state index contributed by atoms with van der Waals surface area (Å²) in [5.74, 6) is 0.618. The highest BCUT2D eigenvalue weighted by Crippen LogP contribution is 2.27. The first-order chi connectivity index (χ1) is 11.7. The lowest BCUT2D eigenvalue weighted by Crippen LogP contribution is -2.49. The molecule has 24 heavy (non-hydrogen) atoms. The molecule has 3 rings (SSSR count). The molecule has 1 aliphatic heterocycles. The van der Waals surface area contributed by atoms with Crippen LogP contribution < -0.4 is 5.32 Å². The fraction of sp³-hybridized carbons (Fsp3) is 0.474. The van der Waals surface area contributed by atoms with Gasteiger partial charge < -0.3 is 5.32 Å². The Bertz CT molecular complexity index is 629. The van der Waals surface area contributed by atoms with E-state index in [4.69, 9.17) is 0 Å². The van der Waals surface area contributed by atoms with Crippen LogP contribution in [0.15, 0.2) is 42.0 Å². The molecule has 2 atom stereocenters. The molecule has 2 aromatic heterocycles. The van der Waals surface area contributed by atoms with Gasteiger partial charge in [0.15, 0.2) is 0 Å². The zero-order valence-electron chi connectivity index (χ0n) is 14.1. The van der Waals surface area contributed by atoms with Crippen LogP contribution in [-0.4, -0.2) is 41.5 Å². The smallest absolute Gasteiger partial charge is 0.237 e. The Labute approximate surface area is 147 Å². The molecule has 0 bridgehead atoms. The number of likely N-dealkylation sites (tertiary alicyclic amines) is 1. The number of rotatable bonds is 6. The zero-order chi connectivity index (χ0) is 16.8. The first kappa shape index (κ1) is 17.1. The Morgan fingerprint density at radius 2 is 2.38 bits per heavy atom. The van der Waals surface area contributed by atoms with E-state index in [2.05, 4.69) is 38.8 Å². The maximum absolute atomic E-state index is 12.5. The number of amides is 1. The van der Waals surface area contributed by atoms with Crippen LogP contribution in [0.2, 0.25) is 0 Å². The van der Waals surface area contributed by atoms with Crippen molar-refractivity contribution in [3.05, 3.63) is 52.5 Å². The number of hydrogen-bond donors (Lipinski definition) is 1. The van der Waals surface area contributed by atoms with Crippen molar-refractivity contribution in [2.45, 2.75) is 38.1 Å². The van der Waals surface area contributed by atoms with Crippen LogP contribution in [-0.2, 0) is 11.2 Å². The number of carbonyl (C=O) groups is 1. The minimum Gasteiger partial charge on any atom is -0.354 e. The molecule has 1 fully saturated rings. The van der Waals surface area contributed by atoms with E-state index in [1.807, 2.05) is 25.4 Å². The van der Waals surface area contributed by atoms with Gasteiger partial charge >= 0.3 is 0 Å². The Hall–Kier alpha value is -1.72. The van der Waals surface area contributed by atoms with E-state index >= 15 is 0 Å². The van der Waals surface area contributed by atoms with Gasteiger partial charge in [-0.15, -0.1) is 11.3 Å². The maximum atomic E-state index is 12.5. The van der Waals surface area contributed by atoms with Gasteiger partial charge in [-0.05, 0) is 61.7 Å². The first-order valence-corrected chi connectivity index (χ1v) is 9.56. The van der Waals surface area contributed by atoms with Gasteiger partial charge in [0.25, 0.3) is 0 Å². The Kier molecular flexibility index (Phi) is 5.99. The molecule has 0 spiro atoms. The van der Waals surface area contributed by atoms with Crippen molar-refractivity contribution in [1.82, 2.24) is 15.2 Å². The zero-order valence-corrected chi connectivity index (χ0v) is 15.0. The average molecular weight is 343 g/mol. The van der Waals surface area contributed by atoms with Crippen LogP contribution >= 0.6 is 11.3 Å². The third-order valence-corrected chi connectivity index (χ3v) is 5.72. The summed E-state index contributed by atoms with van der Waals surface area (Å²) in [5, 5.41) is 5.16. The van der Waals surface area contributed by atoms with Crippen molar-refractivity contribution in [3.63, 3.8) is 0 Å². The lowest BCUT2D eigenvalue weighted by molar-refractivity contribution is -0.126. The molecule has 0 aromatic carbocycles. The largest absolute Gasteiger partial charge is 0.354 e. The van der Waals surface area contributed by atoms with Gasteiger partial charge in [-0.3, -0.25) is 14.7 Å². The van der Waals surface area contributed by atoms with Gasteiger partial charge in [0.05, 0.1) is 6.04 Å². The highest BCUT2D eigenvalue weighted by Gasteiger charge is 2.28. The standard InChI is InChI=1S/C19H25N3OS/c1-15(19(23)21-10-8-18-7-4-12-24-18)22-11-3-6-17(14-22)16-5-2-9-20-13-16/h2,4-5,7,9,12-13,15,17H,3,6,8,10-11,14H2,1H3,(H,21,23). The molecule has 4 nitrogen and oxygen atoms in total. The molecule has 5 heteroatoms. The van der Waals surface area contributed by atoms with Crippen molar-refractivity contribution in [1.29, 1.82) is 0 Å². The number of aromatic nitrogens is 1. The molecule has 1 N–H and O–H groups in total. The highest BCUT2D eigenvalue weighted by atomic mass is 32.1. The van der Waals surface area contributed by atoms with Gasteiger partial charge in [0, 0.05) is 30.4 Å². The van der Waals surface area contributed by atoms with Crippen molar-refractivity contribution in [2.75, 3.05) is 19.6 Å². The third-order valence-electron chi connectivity index (χ3n) is 4.79. The van der Waals surface area contributed by atoms with Crippen LogP contribution in [0.1, 0.15) is 36.1 Å². The van der Waals surface area contributed by atoms with Gasteiger partial charge in [-0.1, -0.05) is 12.1 Å². The summed E-state index contributed by atoms with van der Waals surface area (Å²) in [7, 11) is 0. The Morgan fingerprint density at radius 1 is 1.46 bits per heavy atom. The summed E-state index contributed by atoms with van der Waals surface area (Å²) in [5.41, 5.74) is 1.28. The molecule has 3 heterocycles. The van der Waals surface area contributed by atoms with Crippen LogP contribution in [0.5, 0.6) is 0 Å². The predicted octanol–water partition coefficient (Wildman–Crippen LogP) is 3.07. The summed E-state index contributed by atoms with van der Waals surface area (Å²) < 4.78 is 0. The van der Waals surface area contributed by atoms with E-state index in [1.54, 1.807) is 11.3 Å². The number of nitrogens with one attached hydrogen (secondary N) is 1. The lowest BCUT2D eigenvalue weighted by atomic mass is 9.91. The van der Waals surface area contributed by atoms with Gasteiger partial charge in [0.1, 0.15) is 0 Å². The molecular formula is C19H25N3OS. The number of pyridine rings is 1. The molecule has 128 valence electrons. The van der Waals surface area contributed by atoms with Crippen LogP contribution in [0.3, 0.4) is 0 Å². The van der Waals surface area contributed by atoms with Crippen LogP contribution in [0.4, 0.5) is 0 Å². The van der Waals surface area contributed by atoms with Crippen molar-refractivity contribution in [3.8, 4) is 0 Å². The Morgan fingerprint density at radius 3 is 3.12 bits per heavy atom. The second-order valence-electron chi connectivity index (χ2n) is 6.42. The molecular weight excluding hydrogens is 318 g/mol. The summed E-state index contributed by atoms with van der Waals surface area (Å²) in [6, 6.07) is 8.23. The Balaban J connectivity index is 1.50. The molecule has 1 aliphatic rings. The summed E-state index contributed by atoms with van der Waals surface area (Å²) in [4.78, 5) is 20.3. The van der Waals surface area contributed by atoms with Crippen molar-refractivity contribution < 1.29 is 4.79 Å². The average Bonchev–Trinajstić information content (AvgIpc) is 3.15. The number of thiophene rings is 1. The molecule has 0 saturated carbocycles. The normalized spacial score (nSPS) is 19.8. The highest BCUT2D eigenvalue weighted by molar-refractivity contribution is 7.09. The van der Waals surface area contributed by atoms with E-state index in [0.717, 1.165) is 25.9 Å². The fourth-order valence-corrected chi connectivity index (χ4v) is 4.03. The molecule has 1 saturated heterocycles. The predicted molar refractivity (Wildman–Crippen MR) is 98.3 cm³/mol. The molecule has 0 aliphatic carbocycles. The number of nitrogens with zero attached hydrogens (tertiary/aromatic N) is 2. The molecule has 0 radical (unpaired) electrons. The fourth-order valence-electron chi connectivity index (χ4n) is 3.32. The second-order valence-corrected chi connectivity index (χ2v) is 7.45. The van der Waals surface area contributed by atoms with E-state index in [0.29, 0.717) is 12.5 Å². The quantitative estimate of drug-likeness (QED) is 0.877. The number of hydrogen-bond acceptors (Lipinski definition) is 4. The minimum absolute atomic E-state index is 0.0761. The van der Waals surface area contributed by atoms with Gasteiger partial charge in [-0.2, -0.15) is 0 Å². The van der Waals surface area contributed by atoms with E-state index in [1.165, 1.54) is 16.9 Å². The van der Waals surface area contributed by atoms with Crippen molar-refractivity contribution >= 4 is 17.2 Å². The SMILES string of the molecule is CC(C(=O)NCCc1cccs1)N1CCCC(c2cccnc2)C1. The van der Waals surface area contributed by atoms with Crippen molar-refractivity contribution in [2.24, 2.45) is 0 Å². The monoisotopic (exact) mass is 343 g/mol. The minimum atomic E-state index is -0.0761. The second kappa shape index (κ2) is 8.40. The number of piperidine rings is 1. The van der Waals surface area contributed by atoms with E-state index in [9.17, 15) is 4.79 Å². The van der Waals surface area contributed by atoms with Crippen LogP contribution in [0, 0.1) is 0 Å². The third kappa shape index (κ3) is 4.42. The van der Waals surface area contributed by atoms with Gasteiger partial charge in [0.2, 0.25) is 5.91 Å². The summed E-state index contributed by atoms with van der Waals surface area (Å²) in [6.45, 7) is 4.66. The van der Waals surface area contributed by atoms with Crippen LogP contribution in [0.25, 0.3) is 0 Å².